The molecule has 0 saturated carbocycles. The van der Waals surface area contributed by atoms with E-state index in [1.54, 1.807) is 0 Å². The zero-order valence-corrected chi connectivity index (χ0v) is 18.1. The quantitative estimate of drug-likeness (QED) is 0.364. The predicted octanol–water partition coefficient (Wildman–Crippen LogP) is 3.64. The second-order valence-corrected chi connectivity index (χ2v) is 8.04. The van der Waals surface area contributed by atoms with Gasteiger partial charge in [0.2, 0.25) is 12.2 Å². The van der Waals surface area contributed by atoms with Crippen LogP contribution in [-0.4, -0.2) is 39.0 Å². The Morgan fingerprint density at radius 1 is 1.15 bits per heavy atom. The molecule has 1 atom stereocenters. The summed E-state index contributed by atoms with van der Waals surface area (Å²) in [5.74, 6) is 1.87. The third kappa shape index (κ3) is 4.03. The molecule has 0 spiro atoms. The van der Waals surface area contributed by atoms with Gasteiger partial charge in [-0.25, -0.2) is 5.10 Å². The molecule has 2 aromatic carbocycles. The number of H-pyrrole nitrogens is 1. The van der Waals surface area contributed by atoms with E-state index in [2.05, 4.69) is 21.6 Å². The average molecular weight is 442 g/mol. The predicted molar refractivity (Wildman–Crippen MR) is 125 cm³/mol. The van der Waals surface area contributed by atoms with Crippen molar-refractivity contribution in [2.75, 3.05) is 18.8 Å². The van der Waals surface area contributed by atoms with Gasteiger partial charge in [0.1, 0.15) is 34.4 Å². The molecular weight excluding hydrogens is 416 g/mol. The van der Waals surface area contributed by atoms with Crippen molar-refractivity contribution in [3.8, 4) is 22.8 Å². The molecule has 8 nitrogen and oxygen atoms in total. The number of nitrogens with zero attached hydrogens (tertiary/aromatic N) is 4. The standard InChI is InChI=1S/C25H24N6O2/c1-2-21(32)30-14-6-7-18(15-30)31-25-22(24(26)27-16-28-25)23(29-31)17-10-12-20(13-11-17)33-19-8-4-3-5-9-19/h2-5,8-13,16,18H,1,6-7,14-15H2,(H2,26,27,28,29)/p+1. The molecule has 1 saturated heterocycles. The first-order valence-electron chi connectivity index (χ1n) is 10.9. The lowest BCUT2D eigenvalue weighted by atomic mass is 10.1. The highest BCUT2D eigenvalue weighted by Crippen LogP contribution is 2.31. The van der Waals surface area contributed by atoms with Crippen LogP contribution in [0.4, 0.5) is 5.82 Å². The number of para-hydroxylation sites is 1. The van der Waals surface area contributed by atoms with Crippen molar-refractivity contribution in [1.29, 1.82) is 0 Å². The summed E-state index contributed by atoms with van der Waals surface area (Å²) in [6.45, 7) is 4.93. The van der Waals surface area contributed by atoms with E-state index in [0.29, 0.717) is 12.4 Å². The summed E-state index contributed by atoms with van der Waals surface area (Å²) >= 11 is 0. The zero-order chi connectivity index (χ0) is 22.8. The number of hydrogen-bond acceptors (Lipinski definition) is 5. The molecule has 1 amide bonds. The number of aromatic amines is 1. The molecular formula is C25H25N6O2+. The van der Waals surface area contributed by atoms with E-state index in [4.69, 9.17) is 10.5 Å². The maximum Gasteiger partial charge on any atom is 0.356 e. The van der Waals surface area contributed by atoms with E-state index < -0.39 is 0 Å². The Labute approximate surface area is 191 Å². The molecule has 1 aliphatic heterocycles. The Morgan fingerprint density at radius 3 is 2.67 bits per heavy atom. The highest BCUT2D eigenvalue weighted by atomic mass is 16.5. The number of carbonyl (C=O) groups excluding carboxylic acids is 1. The highest BCUT2D eigenvalue weighted by molar-refractivity contribution is 5.96. The molecule has 1 fully saturated rings. The molecule has 33 heavy (non-hydrogen) atoms. The van der Waals surface area contributed by atoms with Crippen LogP contribution in [0.1, 0.15) is 18.9 Å². The van der Waals surface area contributed by atoms with Crippen LogP contribution in [0.15, 0.2) is 73.6 Å². The third-order valence-corrected chi connectivity index (χ3v) is 5.94. The molecule has 3 heterocycles. The number of amides is 1. The van der Waals surface area contributed by atoms with Crippen LogP contribution in [-0.2, 0) is 4.79 Å². The summed E-state index contributed by atoms with van der Waals surface area (Å²) in [4.78, 5) is 22.7. The number of anilines is 1. The zero-order valence-electron chi connectivity index (χ0n) is 18.1. The van der Waals surface area contributed by atoms with E-state index in [-0.39, 0.29) is 11.9 Å². The number of nitrogens with two attached hydrogens (primary N) is 1. The normalized spacial score (nSPS) is 16.0. The summed E-state index contributed by atoms with van der Waals surface area (Å²) in [7, 11) is 0. The van der Waals surface area contributed by atoms with Gasteiger partial charge in [0.15, 0.2) is 0 Å². The van der Waals surface area contributed by atoms with Gasteiger partial charge in [0.05, 0.1) is 6.54 Å². The van der Waals surface area contributed by atoms with E-state index >= 15 is 0 Å². The van der Waals surface area contributed by atoms with Gasteiger partial charge in [-0.3, -0.25) is 4.79 Å². The summed E-state index contributed by atoms with van der Waals surface area (Å²) < 4.78 is 7.93. The molecule has 0 aliphatic carbocycles. The Bertz CT molecular complexity index is 1300. The van der Waals surface area contributed by atoms with Gasteiger partial charge >= 0.3 is 5.65 Å². The average Bonchev–Trinajstić information content (AvgIpc) is 3.26. The lowest BCUT2D eigenvalue weighted by Crippen LogP contribution is -2.51. The highest BCUT2D eigenvalue weighted by Gasteiger charge is 2.32. The Morgan fingerprint density at radius 2 is 1.91 bits per heavy atom. The third-order valence-electron chi connectivity index (χ3n) is 5.94. The maximum atomic E-state index is 12.2. The molecule has 0 bridgehead atoms. The van der Waals surface area contributed by atoms with Crippen molar-refractivity contribution in [3.05, 3.63) is 73.6 Å². The number of likely N-dealkylation sites (tertiary alicyclic amines) is 1. The smallest absolute Gasteiger partial charge is 0.356 e. The van der Waals surface area contributed by atoms with Gasteiger partial charge in [-0.15, -0.1) is 4.68 Å². The fourth-order valence-corrected chi connectivity index (χ4v) is 4.32. The van der Waals surface area contributed by atoms with Crippen LogP contribution in [0, 0.1) is 0 Å². The molecule has 2 aromatic heterocycles. The molecule has 166 valence electrons. The van der Waals surface area contributed by atoms with E-state index in [9.17, 15) is 4.79 Å². The molecule has 1 aliphatic rings. The number of nitrogen functional groups attached to an aromatic ring is 1. The number of piperidine rings is 1. The fraction of sp³-hybridized carbons (Fsp3) is 0.200. The van der Waals surface area contributed by atoms with Crippen LogP contribution in [0.5, 0.6) is 11.5 Å². The maximum absolute atomic E-state index is 12.2. The van der Waals surface area contributed by atoms with Crippen LogP contribution < -0.4 is 15.2 Å². The summed E-state index contributed by atoms with van der Waals surface area (Å²) in [5, 5.41) is 4.26. The van der Waals surface area contributed by atoms with Crippen molar-refractivity contribution >= 4 is 22.8 Å². The van der Waals surface area contributed by atoms with Crippen molar-refractivity contribution in [2.24, 2.45) is 0 Å². The van der Waals surface area contributed by atoms with Crippen LogP contribution in [0.25, 0.3) is 22.3 Å². The number of nitrogens with one attached hydrogen (secondary N) is 1. The van der Waals surface area contributed by atoms with Gasteiger partial charge in [0, 0.05) is 12.1 Å². The Hall–Kier alpha value is -4.20. The minimum atomic E-state index is -0.0560. The Kier molecular flexibility index (Phi) is 5.48. The molecule has 8 heteroatoms. The van der Waals surface area contributed by atoms with E-state index in [1.165, 1.54) is 12.4 Å². The van der Waals surface area contributed by atoms with E-state index in [1.807, 2.05) is 64.2 Å². The van der Waals surface area contributed by atoms with Crippen molar-refractivity contribution < 1.29 is 14.2 Å². The first-order valence-corrected chi connectivity index (χ1v) is 10.9. The van der Waals surface area contributed by atoms with Crippen LogP contribution in [0.2, 0.25) is 0 Å². The van der Waals surface area contributed by atoms with Gasteiger partial charge in [-0.1, -0.05) is 24.8 Å². The molecule has 5 rings (SSSR count). The van der Waals surface area contributed by atoms with Crippen molar-refractivity contribution in [3.63, 3.8) is 0 Å². The van der Waals surface area contributed by atoms with Gasteiger partial charge in [-0.05, 0) is 60.3 Å². The van der Waals surface area contributed by atoms with Crippen LogP contribution in [0.3, 0.4) is 0 Å². The lowest BCUT2D eigenvalue weighted by molar-refractivity contribution is -0.753. The monoisotopic (exact) mass is 441 g/mol. The molecule has 0 radical (unpaired) electrons. The summed E-state index contributed by atoms with van der Waals surface area (Å²) in [6, 6.07) is 17.5. The number of hydrogen-bond donors (Lipinski definition) is 2. The number of fused-ring (bicyclic) bond motifs is 1. The lowest BCUT2D eigenvalue weighted by Gasteiger charge is -2.29. The first-order chi connectivity index (χ1) is 16.1. The number of aromatic nitrogens is 4. The minimum Gasteiger partial charge on any atom is -0.457 e. The number of benzene rings is 2. The summed E-state index contributed by atoms with van der Waals surface area (Å²) in [6.07, 6.45) is 4.66. The minimum absolute atomic E-state index is 0.0499. The molecule has 3 N–H and O–H groups in total. The van der Waals surface area contributed by atoms with E-state index in [0.717, 1.165) is 53.2 Å². The number of ether oxygens (including phenoxy) is 1. The van der Waals surface area contributed by atoms with Crippen molar-refractivity contribution in [1.82, 2.24) is 20.0 Å². The molecule has 1 unspecified atom stereocenters. The van der Waals surface area contributed by atoms with Gasteiger partial charge in [-0.2, -0.15) is 4.98 Å². The molecule has 4 aromatic rings. The first kappa shape index (κ1) is 20.7. The SMILES string of the molecule is C=CC(=O)N1CCCC([n+]2[nH]c(-c3ccc(Oc4ccccc4)cc3)c3c(N)ncnc32)C1. The number of carbonyl (C=O) groups is 1. The summed E-state index contributed by atoms with van der Waals surface area (Å²) in [5.41, 5.74) is 8.78. The second kappa shape index (κ2) is 8.74. The second-order valence-electron chi connectivity index (χ2n) is 8.04. The topological polar surface area (TPSA) is 101 Å². The Balaban J connectivity index is 1.50. The fourth-order valence-electron chi connectivity index (χ4n) is 4.32. The van der Waals surface area contributed by atoms with Gasteiger partial charge in [0.25, 0.3) is 0 Å². The van der Waals surface area contributed by atoms with Crippen molar-refractivity contribution in [2.45, 2.75) is 18.9 Å². The van der Waals surface area contributed by atoms with Gasteiger partial charge < -0.3 is 15.4 Å². The van der Waals surface area contributed by atoms with Crippen LogP contribution >= 0.6 is 0 Å². The number of rotatable bonds is 5. The largest absolute Gasteiger partial charge is 0.457 e.